The third kappa shape index (κ3) is 4.14. The summed E-state index contributed by atoms with van der Waals surface area (Å²) in [6.07, 6.45) is 4.66. The highest BCUT2D eigenvalue weighted by Crippen LogP contribution is 2.32. The molecule has 138 valence electrons. The zero-order chi connectivity index (χ0) is 18.6. The van der Waals surface area contributed by atoms with E-state index in [-0.39, 0.29) is 4.90 Å². The molecule has 2 aromatic carbocycles. The Hall–Kier alpha value is -2.18. The lowest BCUT2D eigenvalue weighted by molar-refractivity contribution is 0.346. The molecule has 1 heterocycles. The Labute approximate surface area is 155 Å². The first kappa shape index (κ1) is 18.6. The highest BCUT2D eigenvalue weighted by atomic mass is 32.2. The maximum atomic E-state index is 12.8. The first-order chi connectivity index (χ1) is 12.5. The summed E-state index contributed by atoms with van der Waals surface area (Å²) in [5, 5.41) is 0. The van der Waals surface area contributed by atoms with Gasteiger partial charge in [0.05, 0.1) is 12.0 Å². The van der Waals surface area contributed by atoms with Gasteiger partial charge < -0.3 is 4.74 Å². The highest BCUT2D eigenvalue weighted by Gasteiger charge is 2.26. The topological polar surface area (TPSA) is 59.0 Å². The molecular weight excluding hydrogens is 348 g/mol. The van der Waals surface area contributed by atoms with Crippen LogP contribution in [0.1, 0.15) is 30.4 Å². The number of aryl methyl sites for hydroxylation is 1. The Kier molecular flexibility index (Phi) is 5.74. The van der Waals surface area contributed by atoms with Gasteiger partial charge in [0, 0.05) is 25.4 Å². The number of piperidine rings is 1. The first-order valence-corrected chi connectivity index (χ1v) is 10.2. The third-order valence-electron chi connectivity index (χ3n) is 4.53. The molecule has 0 unspecified atom stereocenters. The van der Waals surface area contributed by atoms with E-state index in [0.29, 0.717) is 24.5 Å². The van der Waals surface area contributed by atoms with Gasteiger partial charge >= 0.3 is 0 Å². The fraction of sp³-hybridized carbons (Fsp3) is 0.350. The maximum Gasteiger partial charge on any atom is 0.243 e. The lowest BCUT2D eigenvalue weighted by atomic mass is 10.2. The van der Waals surface area contributed by atoms with E-state index in [1.807, 2.05) is 31.2 Å². The summed E-state index contributed by atoms with van der Waals surface area (Å²) in [5.74, 6) is 0.450. The molecule has 0 amide bonds. The zero-order valence-corrected chi connectivity index (χ0v) is 16.0. The summed E-state index contributed by atoms with van der Waals surface area (Å²) in [7, 11) is -1.96. The summed E-state index contributed by atoms with van der Waals surface area (Å²) < 4.78 is 32.6. The van der Waals surface area contributed by atoms with Crippen molar-refractivity contribution in [2.45, 2.75) is 31.1 Å². The van der Waals surface area contributed by atoms with E-state index in [1.54, 1.807) is 28.7 Å². The Morgan fingerprint density at radius 3 is 2.38 bits per heavy atom. The Morgan fingerprint density at radius 2 is 1.73 bits per heavy atom. The van der Waals surface area contributed by atoms with Crippen molar-refractivity contribution in [3.63, 3.8) is 0 Å². The Balaban J connectivity index is 1.86. The van der Waals surface area contributed by atoms with E-state index in [0.717, 1.165) is 24.8 Å². The summed E-state index contributed by atoms with van der Waals surface area (Å²) in [4.78, 5) is 4.71. The molecule has 2 aromatic rings. The van der Waals surface area contributed by atoms with Gasteiger partial charge in [-0.05, 0) is 37.5 Å². The van der Waals surface area contributed by atoms with Crippen LogP contribution in [0.4, 0.5) is 5.69 Å². The van der Waals surface area contributed by atoms with Gasteiger partial charge in [0.1, 0.15) is 11.4 Å². The van der Waals surface area contributed by atoms with Gasteiger partial charge in [0.2, 0.25) is 10.0 Å². The minimum absolute atomic E-state index is 0.255. The van der Waals surface area contributed by atoms with E-state index in [1.165, 1.54) is 12.7 Å². The second kappa shape index (κ2) is 8.01. The normalized spacial score (nSPS) is 16.1. The SMILES string of the molecule is COc1cc(S(=O)(=O)N2CCCCC2)ccc1N=Cc1ccc(C)cc1. The number of ether oxygens (including phenoxy) is 1. The molecule has 0 radical (unpaired) electrons. The number of nitrogens with zero attached hydrogens (tertiary/aromatic N) is 2. The van der Waals surface area contributed by atoms with E-state index in [2.05, 4.69) is 4.99 Å². The molecule has 1 aliphatic rings. The fourth-order valence-electron chi connectivity index (χ4n) is 2.98. The van der Waals surface area contributed by atoms with Crippen LogP contribution in [-0.2, 0) is 10.0 Å². The zero-order valence-electron chi connectivity index (χ0n) is 15.2. The monoisotopic (exact) mass is 372 g/mol. The Morgan fingerprint density at radius 1 is 1.04 bits per heavy atom. The number of hydrogen-bond acceptors (Lipinski definition) is 4. The van der Waals surface area contributed by atoms with Crippen LogP contribution in [0.2, 0.25) is 0 Å². The number of methoxy groups -OCH3 is 1. The standard InChI is InChI=1S/C20H24N2O3S/c1-16-6-8-17(9-7-16)15-21-19-11-10-18(14-20(19)25-2)26(23,24)22-12-4-3-5-13-22/h6-11,14-15H,3-5,12-13H2,1-2H3. The molecule has 1 saturated heterocycles. The molecule has 0 bridgehead atoms. The van der Waals surface area contributed by atoms with E-state index < -0.39 is 10.0 Å². The number of sulfonamides is 1. The van der Waals surface area contributed by atoms with Gasteiger partial charge in [-0.15, -0.1) is 0 Å². The van der Waals surface area contributed by atoms with Crippen LogP contribution >= 0.6 is 0 Å². The average Bonchev–Trinajstić information content (AvgIpc) is 2.68. The van der Waals surface area contributed by atoms with Crippen molar-refractivity contribution in [1.82, 2.24) is 4.31 Å². The predicted molar refractivity (Wildman–Crippen MR) is 104 cm³/mol. The highest BCUT2D eigenvalue weighted by molar-refractivity contribution is 7.89. The van der Waals surface area contributed by atoms with Gasteiger partial charge in [-0.3, -0.25) is 4.99 Å². The molecule has 0 atom stereocenters. The van der Waals surface area contributed by atoms with Crippen molar-refractivity contribution in [2.75, 3.05) is 20.2 Å². The molecule has 26 heavy (non-hydrogen) atoms. The molecule has 0 spiro atoms. The van der Waals surface area contributed by atoms with Crippen LogP contribution in [0.5, 0.6) is 5.75 Å². The molecular formula is C20H24N2O3S. The van der Waals surface area contributed by atoms with Gasteiger partial charge in [-0.2, -0.15) is 4.31 Å². The molecule has 0 N–H and O–H groups in total. The second-order valence-electron chi connectivity index (χ2n) is 6.47. The minimum Gasteiger partial charge on any atom is -0.494 e. The number of benzene rings is 2. The van der Waals surface area contributed by atoms with Gasteiger partial charge in [0.25, 0.3) is 0 Å². The van der Waals surface area contributed by atoms with Crippen LogP contribution in [0.15, 0.2) is 52.4 Å². The third-order valence-corrected chi connectivity index (χ3v) is 6.43. The summed E-state index contributed by atoms with van der Waals surface area (Å²) >= 11 is 0. The van der Waals surface area contributed by atoms with Gasteiger partial charge in [-0.1, -0.05) is 36.2 Å². The first-order valence-electron chi connectivity index (χ1n) is 8.79. The largest absolute Gasteiger partial charge is 0.494 e. The summed E-state index contributed by atoms with van der Waals surface area (Å²) in [5.41, 5.74) is 2.76. The smallest absolute Gasteiger partial charge is 0.243 e. The lowest BCUT2D eigenvalue weighted by Crippen LogP contribution is -2.35. The molecule has 1 aliphatic heterocycles. The van der Waals surface area contributed by atoms with Gasteiger partial charge in [0.15, 0.2) is 0 Å². The van der Waals surface area contributed by atoms with Crippen LogP contribution < -0.4 is 4.74 Å². The van der Waals surface area contributed by atoms with E-state index >= 15 is 0 Å². The molecule has 0 aromatic heterocycles. The van der Waals surface area contributed by atoms with Crippen LogP contribution in [0, 0.1) is 6.92 Å². The van der Waals surface area contributed by atoms with Gasteiger partial charge in [-0.25, -0.2) is 8.42 Å². The van der Waals surface area contributed by atoms with Crippen molar-refractivity contribution in [1.29, 1.82) is 0 Å². The summed E-state index contributed by atoms with van der Waals surface area (Å²) in [6, 6.07) is 12.9. The quantitative estimate of drug-likeness (QED) is 0.747. The number of aliphatic imine (C=N–C) groups is 1. The fourth-order valence-corrected chi connectivity index (χ4v) is 4.51. The van der Waals surface area contributed by atoms with Crippen molar-refractivity contribution in [3.05, 3.63) is 53.6 Å². The molecule has 1 fully saturated rings. The molecule has 3 rings (SSSR count). The predicted octanol–water partition coefficient (Wildman–Crippen LogP) is 3.93. The van der Waals surface area contributed by atoms with Crippen LogP contribution in [-0.4, -0.2) is 39.1 Å². The van der Waals surface area contributed by atoms with Crippen molar-refractivity contribution >= 4 is 21.9 Å². The molecule has 5 nitrogen and oxygen atoms in total. The maximum absolute atomic E-state index is 12.8. The second-order valence-corrected chi connectivity index (χ2v) is 8.41. The average molecular weight is 372 g/mol. The number of rotatable bonds is 5. The Bertz CT molecular complexity index is 884. The van der Waals surface area contributed by atoms with Crippen molar-refractivity contribution in [3.8, 4) is 5.75 Å². The number of hydrogen-bond donors (Lipinski definition) is 0. The van der Waals surface area contributed by atoms with E-state index in [9.17, 15) is 8.42 Å². The van der Waals surface area contributed by atoms with E-state index in [4.69, 9.17) is 4.74 Å². The van der Waals surface area contributed by atoms with Crippen molar-refractivity contribution in [2.24, 2.45) is 4.99 Å². The lowest BCUT2D eigenvalue weighted by Gasteiger charge is -2.26. The van der Waals surface area contributed by atoms with Crippen LogP contribution in [0.25, 0.3) is 0 Å². The molecule has 6 heteroatoms. The van der Waals surface area contributed by atoms with Crippen LogP contribution in [0.3, 0.4) is 0 Å². The summed E-state index contributed by atoms with van der Waals surface area (Å²) in [6.45, 7) is 3.20. The molecule has 0 aliphatic carbocycles. The van der Waals surface area contributed by atoms with Crippen molar-refractivity contribution < 1.29 is 13.2 Å². The minimum atomic E-state index is -3.48. The molecule has 0 saturated carbocycles.